The lowest BCUT2D eigenvalue weighted by Crippen LogP contribution is -2.42. The van der Waals surface area contributed by atoms with Crippen molar-refractivity contribution in [3.05, 3.63) is 59.3 Å². The van der Waals surface area contributed by atoms with E-state index in [1.54, 1.807) is 25.7 Å². The molecule has 8 heteroatoms. The highest BCUT2D eigenvalue weighted by Gasteiger charge is 2.34. The summed E-state index contributed by atoms with van der Waals surface area (Å²) in [7, 11) is 1.62. The lowest BCUT2D eigenvalue weighted by atomic mass is 9.74. The lowest BCUT2D eigenvalue weighted by molar-refractivity contribution is 0.0233. The number of halogens is 1. The Kier molecular flexibility index (Phi) is 8.89. The van der Waals surface area contributed by atoms with Crippen LogP contribution in [0.4, 0.5) is 0 Å². The highest BCUT2D eigenvalue weighted by molar-refractivity contribution is 6.32. The van der Waals surface area contributed by atoms with E-state index in [0.29, 0.717) is 22.8 Å². The molecule has 0 saturated carbocycles. The number of ether oxygens (including phenoxy) is 1. The summed E-state index contributed by atoms with van der Waals surface area (Å²) < 4.78 is 5.36. The second-order valence-electron chi connectivity index (χ2n) is 9.61. The smallest absolute Gasteiger partial charge is 0.119 e. The number of unbranched alkanes of at least 4 members (excludes halogenated alkanes) is 1. The number of pyridine rings is 1. The van der Waals surface area contributed by atoms with Crippen LogP contribution in [0.1, 0.15) is 55.9 Å². The number of nitrogens with zero attached hydrogens (tertiary/aromatic N) is 4. The minimum atomic E-state index is -0.734. The average molecular weight is 499 g/mol. The molecule has 7 nitrogen and oxygen atoms in total. The molecule has 1 aromatic carbocycles. The zero-order valence-electron chi connectivity index (χ0n) is 20.4. The number of rotatable bonds is 11. The Hall–Kier alpha value is -2.32. The first-order valence-corrected chi connectivity index (χ1v) is 12.8. The number of aromatic nitrogens is 3. The highest BCUT2D eigenvalue weighted by Crippen LogP contribution is 2.40. The predicted molar refractivity (Wildman–Crippen MR) is 138 cm³/mol. The van der Waals surface area contributed by atoms with Gasteiger partial charge < -0.3 is 19.8 Å². The molecule has 1 aliphatic heterocycles. The van der Waals surface area contributed by atoms with E-state index in [4.69, 9.17) is 16.3 Å². The SMILES string of the molecule is COc1ccc2ncc(Cl)c([C@H](O)CCC3(CO)CCN(CCCCc4cnccn4)CC3)c2c1. The van der Waals surface area contributed by atoms with Crippen LogP contribution in [0.15, 0.2) is 43.0 Å². The minimum Gasteiger partial charge on any atom is -0.497 e. The molecule has 1 atom stereocenters. The summed E-state index contributed by atoms with van der Waals surface area (Å²) in [6.45, 7) is 3.14. The summed E-state index contributed by atoms with van der Waals surface area (Å²) in [6.07, 6.45) is 12.5. The second-order valence-corrected chi connectivity index (χ2v) is 10.0. The van der Waals surface area contributed by atoms with Crippen molar-refractivity contribution in [1.29, 1.82) is 0 Å². The lowest BCUT2D eigenvalue weighted by Gasteiger charge is -2.41. The second kappa shape index (κ2) is 12.1. The van der Waals surface area contributed by atoms with E-state index in [1.807, 2.05) is 24.4 Å². The van der Waals surface area contributed by atoms with Crippen molar-refractivity contribution >= 4 is 22.5 Å². The summed E-state index contributed by atoms with van der Waals surface area (Å²) in [4.78, 5) is 15.3. The molecular formula is C27H35ClN4O3. The van der Waals surface area contributed by atoms with Gasteiger partial charge in [0.2, 0.25) is 0 Å². The van der Waals surface area contributed by atoms with Gasteiger partial charge in [-0.1, -0.05) is 11.6 Å². The number of piperidine rings is 1. The van der Waals surface area contributed by atoms with Crippen LogP contribution in [-0.4, -0.2) is 63.4 Å². The van der Waals surface area contributed by atoms with Crippen LogP contribution < -0.4 is 4.74 Å². The fraction of sp³-hybridized carbons (Fsp3) is 0.519. The maximum Gasteiger partial charge on any atom is 0.119 e. The molecule has 2 N–H and O–H groups in total. The number of likely N-dealkylation sites (tertiary alicyclic amines) is 1. The third kappa shape index (κ3) is 6.47. The fourth-order valence-corrected chi connectivity index (χ4v) is 5.34. The number of benzene rings is 1. The van der Waals surface area contributed by atoms with Gasteiger partial charge in [0, 0.05) is 42.3 Å². The number of aryl methyl sites for hydroxylation is 1. The maximum absolute atomic E-state index is 11.1. The fourth-order valence-electron chi connectivity index (χ4n) is 5.06. The van der Waals surface area contributed by atoms with Crippen molar-refractivity contribution in [1.82, 2.24) is 19.9 Å². The Morgan fingerprint density at radius 3 is 2.69 bits per heavy atom. The standard InChI is InChI=1S/C27H35ClN4O3/c1-35-21-5-6-24-22(16-21)26(23(28)18-31-24)25(34)7-8-27(19-33)9-14-32(15-10-27)13-3-2-4-20-17-29-11-12-30-20/h5-6,11-12,16-18,25,33-34H,2-4,7-10,13-15,19H2,1H3/t25-/m1/s1. The number of aliphatic hydroxyl groups is 2. The van der Waals surface area contributed by atoms with Gasteiger partial charge in [-0.25, -0.2) is 0 Å². The Morgan fingerprint density at radius 1 is 1.14 bits per heavy atom. The van der Waals surface area contributed by atoms with Gasteiger partial charge in [0.25, 0.3) is 0 Å². The van der Waals surface area contributed by atoms with Crippen molar-refractivity contribution in [2.75, 3.05) is 33.4 Å². The molecule has 1 fully saturated rings. The van der Waals surface area contributed by atoms with Crippen molar-refractivity contribution in [2.24, 2.45) is 5.41 Å². The first kappa shape index (κ1) is 25.8. The summed E-state index contributed by atoms with van der Waals surface area (Å²) in [5.41, 5.74) is 2.34. The van der Waals surface area contributed by atoms with Crippen molar-refractivity contribution in [3.63, 3.8) is 0 Å². The van der Waals surface area contributed by atoms with Crippen LogP contribution in [0.3, 0.4) is 0 Å². The molecule has 0 bridgehead atoms. The van der Waals surface area contributed by atoms with Crippen molar-refractivity contribution in [2.45, 2.75) is 51.0 Å². The highest BCUT2D eigenvalue weighted by atomic mass is 35.5. The summed E-state index contributed by atoms with van der Waals surface area (Å²) in [6, 6.07) is 5.60. The Bertz CT molecular complexity index is 1090. The van der Waals surface area contributed by atoms with Gasteiger partial charge in [0.05, 0.1) is 29.4 Å². The number of fused-ring (bicyclic) bond motifs is 1. The summed E-state index contributed by atoms with van der Waals surface area (Å²) in [5, 5.41) is 22.7. The van der Waals surface area contributed by atoms with E-state index in [2.05, 4.69) is 19.9 Å². The average Bonchev–Trinajstić information content (AvgIpc) is 2.90. The number of hydrogen-bond acceptors (Lipinski definition) is 7. The normalized spacial score (nSPS) is 16.9. The molecule has 35 heavy (non-hydrogen) atoms. The van der Waals surface area contributed by atoms with Crippen LogP contribution >= 0.6 is 11.6 Å². The predicted octanol–water partition coefficient (Wildman–Crippen LogP) is 4.60. The summed E-state index contributed by atoms with van der Waals surface area (Å²) in [5.74, 6) is 0.700. The molecule has 2 aromatic heterocycles. The van der Waals surface area contributed by atoms with Crippen LogP contribution in [-0.2, 0) is 6.42 Å². The minimum absolute atomic E-state index is 0.138. The van der Waals surface area contributed by atoms with Crippen molar-refractivity contribution in [3.8, 4) is 5.75 Å². The van der Waals surface area contributed by atoms with E-state index in [0.717, 1.165) is 74.8 Å². The molecular weight excluding hydrogens is 464 g/mol. The monoisotopic (exact) mass is 498 g/mol. The molecule has 3 aromatic rings. The molecule has 188 valence electrons. The molecule has 0 radical (unpaired) electrons. The first-order valence-electron chi connectivity index (χ1n) is 12.4. The first-order chi connectivity index (χ1) is 17.0. The van der Waals surface area contributed by atoms with Crippen LogP contribution in [0, 0.1) is 5.41 Å². The quantitative estimate of drug-likeness (QED) is 0.373. The molecule has 0 aliphatic carbocycles. The molecule has 3 heterocycles. The molecule has 1 aliphatic rings. The zero-order valence-corrected chi connectivity index (χ0v) is 21.1. The number of aliphatic hydroxyl groups excluding tert-OH is 2. The van der Waals surface area contributed by atoms with E-state index >= 15 is 0 Å². The third-order valence-electron chi connectivity index (χ3n) is 7.38. The molecule has 0 amide bonds. The maximum atomic E-state index is 11.1. The number of hydrogen-bond donors (Lipinski definition) is 2. The van der Waals surface area contributed by atoms with Gasteiger partial charge in [-0.3, -0.25) is 15.0 Å². The van der Waals surface area contributed by atoms with Crippen LogP contribution in [0.5, 0.6) is 5.75 Å². The Morgan fingerprint density at radius 2 is 1.97 bits per heavy atom. The van der Waals surface area contributed by atoms with Gasteiger partial charge >= 0.3 is 0 Å². The van der Waals surface area contributed by atoms with Gasteiger partial charge in [-0.15, -0.1) is 0 Å². The molecule has 1 saturated heterocycles. The van der Waals surface area contributed by atoms with Crippen molar-refractivity contribution < 1.29 is 14.9 Å². The van der Waals surface area contributed by atoms with Crippen LogP contribution in [0.2, 0.25) is 5.02 Å². The number of methoxy groups -OCH3 is 1. The third-order valence-corrected chi connectivity index (χ3v) is 7.68. The zero-order chi connectivity index (χ0) is 24.7. The van der Waals surface area contributed by atoms with E-state index < -0.39 is 6.10 Å². The summed E-state index contributed by atoms with van der Waals surface area (Å²) >= 11 is 6.48. The Labute approximate surface area is 212 Å². The molecule has 0 unspecified atom stereocenters. The Balaban J connectivity index is 1.30. The topological polar surface area (TPSA) is 91.6 Å². The molecule has 0 spiro atoms. The van der Waals surface area contributed by atoms with Gasteiger partial charge in [0.1, 0.15) is 5.75 Å². The van der Waals surface area contributed by atoms with E-state index in [-0.39, 0.29) is 12.0 Å². The van der Waals surface area contributed by atoms with Gasteiger partial charge in [0.15, 0.2) is 0 Å². The molecule has 4 rings (SSSR count). The van der Waals surface area contributed by atoms with E-state index in [1.165, 1.54) is 0 Å². The largest absolute Gasteiger partial charge is 0.497 e. The van der Waals surface area contributed by atoms with Gasteiger partial charge in [-0.2, -0.15) is 0 Å². The van der Waals surface area contributed by atoms with E-state index in [9.17, 15) is 10.2 Å². The van der Waals surface area contributed by atoms with Gasteiger partial charge in [-0.05, 0) is 88.2 Å². The van der Waals surface area contributed by atoms with Crippen LogP contribution in [0.25, 0.3) is 10.9 Å².